The van der Waals surface area contributed by atoms with Gasteiger partial charge in [-0.15, -0.1) is 5.10 Å². The van der Waals surface area contributed by atoms with Gasteiger partial charge in [-0.1, -0.05) is 16.1 Å². The summed E-state index contributed by atoms with van der Waals surface area (Å²) in [5.74, 6) is 0.325. The molecule has 1 amide bonds. The van der Waals surface area contributed by atoms with Crippen LogP contribution in [-0.2, 0) is 10.0 Å². The number of hydrogen-bond donors (Lipinski definition) is 1. The van der Waals surface area contributed by atoms with E-state index in [-0.39, 0.29) is 22.5 Å². The largest absolute Gasteiger partial charge is 0.495 e. The first-order chi connectivity index (χ1) is 13.3. The molecule has 0 spiro atoms. The Hall–Kier alpha value is -1.75. The van der Waals surface area contributed by atoms with Crippen molar-refractivity contribution >= 4 is 39.1 Å². The maximum absolute atomic E-state index is 12.6. The molecule has 1 N–H and O–H groups in total. The molecule has 28 heavy (non-hydrogen) atoms. The zero-order chi connectivity index (χ0) is 20.3. The number of carbonyl (C=O) groups is 1. The molecule has 0 unspecified atom stereocenters. The number of rotatable bonds is 6. The number of aromatic nitrogens is 2. The van der Waals surface area contributed by atoms with Gasteiger partial charge in [0, 0.05) is 24.7 Å². The van der Waals surface area contributed by atoms with Crippen molar-refractivity contribution in [1.82, 2.24) is 19.2 Å². The van der Waals surface area contributed by atoms with Crippen LogP contribution in [0.2, 0.25) is 5.02 Å². The Bertz CT molecular complexity index is 956. The number of ether oxygens (including phenoxy) is 1. The van der Waals surface area contributed by atoms with E-state index in [9.17, 15) is 13.2 Å². The van der Waals surface area contributed by atoms with Crippen molar-refractivity contribution in [2.75, 3.05) is 26.7 Å². The van der Waals surface area contributed by atoms with Gasteiger partial charge < -0.3 is 9.64 Å². The molecule has 1 saturated heterocycles. The van der Waals surface area contributed by atoms with Crippen LogP contribution in [0.3, 0.4) is 0 Å². The Labute approximate surface area is 173 Å². The summed E-state index contributed by atoms with van der Waals surface area (Å²) in [4.78, 5) is 14.9. The second-order valence-electron chi connectivity index (χ2n) is 6.57. The van der Waals surface area contributed by atoms with Gasteiger partial charge in [-0.2, -0.15) is 0 Å². The van der Waals surface area contributed by atoms with Crippen LogP contribution < -0.4 is 9.46 Å². The van der Waals surface area contributed by atoms with Gasteiger partial charge >= 0.3 is 0 Å². The highest BCUT2D eigenvalue weighted by molar-refractivity contribution is 7.89. The van der Waals surface area contributed by atoms with E-state index in [0.29, 0.717) is 48.1 Å². The number of sulfonamides is 1. The molecule has 2 aromatic rings. The normalized spacial score (nSPS) is 15.6. The van der Waals surface area contributed by atoms with Crippen molar-refractivity contribution in [2.45, 2.75) is 24.7 Å². The third-order valence-electron chi connectivity index (χ3n) is 4.72. The van der Waals surface area contributed by atoms with Gasteiger partial charge in [-0.3, -0.25) is 4.79 Å². The number of nitrogens with zero attached hydrogens (tertiary/aromatic N) is 3. The first-order valence-electron chi connectivity index (χ1n) is 8.73. The molecule has 11 heteroatoms. The van der Waals surface area contributed by atoms with E-state index < -0.39 is 10.0 Å². The highest BCUT2D eigenvalue weighted by Gasteiger charge is 2.27. The van der Waals surface area contributed by atoms with E-state index in [1.807, 2.05) is 0 Å². The van der Waals surface area contributed by atoms with Crippen LogP contribution in [0.5, 0.6) is 5.75 Å². The number of methoxy groups -OCH3 is 1. The Morgan fingerprint density at radius 2 is 2.11 bits per heavy atom. The van der Waals surface area contributed by atoms with Crippen LogP contribution >= 0.6 is 23.1 Å². The van der Waals surface area contributed by atoms with Crippen LogP contribution in [0.4, 0.5) is 0 Å². The minimum Gasteiger partial charge on any atom is -0.495 e. The molecule has 0 atom stereocenters. The van der Waals surface area contributed by atoms with Crippen LogP contribution in [0, 0.1) is 12.8 Å². The number of hydrogen-bond acceptors (Lipinski definition) is 7. The molecule has 0 bridgehead atoms. The van der Waals surface area contributed by atoms with Crippen molar-refractivity contribution in [2.24, 2.45) is 5.92 Å². The summed E-state index contributed by atoms with van der Waals surface area (Å²) in [6, 6.07) is 4.47. The lowest BCUT2D eigenvalue weighted by molar-refractivity contribution is 0.0696. The van der Waals surface area contributed by atoms with Gasteiger partial charge in [-0.25, -0.2) is 13.1 Å². The number of amides is 1. The summed E-state index contributed by atoms with van der Waals surface area (Å²) in [7, 11) is -2.34. The zero-order valence-electron chi connectivity index (χ0n) is 15.5. The lowest BCUT2D eigenvalue weighted by Gasteiger charge is -2.31. The van der Waals surface area contributed by atoms with E-state index in [0.717, 1.165) is 11.5 Å². The lowest BCUT2D eigenvalue weighted by Crippen LogP contribution is -2.41. The number of aryl methyl sites for hydroxylation is 1. The molecule has 152 valence electrons. The average molecular weight is 445 g/mol. The number of piperidine rings is 1. The standard InChI is InChI=1S/C17H21ClN4O4S2/c1-11-16(27-21-20-11)17(23)22-7-5-12(6-8-22)10-19-28(24,25)15-9-13(18)3-4-14(15)26-2/h3-4,9,12,19H,5-8,10H2,1-2H3. The van der Waals surface area contributed by atoms with Gasteiger partial charge in [0.1, 0.15) is 15.5 Å². The summed E-state index contributed by atoms with van der Waals surface area (Å²) < 4.78 is 36.9. The molecular formula is C17H21ClN4O4S2. The van der Waals surface area contributed by atoms with E-state index in [1.165, 1.54) is 19.2 Å². The lowest BCUT2D eigenvalue weighted by atomic mass is 9.97. The van der Waals surface area contributed by atoms with Crippen molar-refractivity contribution in [3.05, 3.63) is 33.8 Å². The van der Waals surface area contributed by atoms with E-state index in [4.69, 9.17) is 16.3 Å². The summed E-state index contributed by atoms with van der Waals surface area (Å²) in [6.45, 7) is 3.20. The fourth-order valence-corrected chi connectivity index (χ4v) is 5.25. The third-order valence-corrected chi connectivity index (χ3v) is 7.22. The van der Waals surface area contributed by atoms with Crippen LogP contribution in [-0.4, -0.2) is 55.6 Å². The van der Waals surface area contributed by atoms with Gasteiger partial charge in [0.05, 0.1) is 12.8 Å². The second-order valence-corrected chi connectivity index (χ2v) is 9.50. The number of carbonyl (C=O) groups excluding carboxylic acids is 1. The minimum atomic E-state index is -3.75. The van der Waals surface area contributed by atoms with Crippen LogP contribution in [0.15, 0.2) is 23.1 Å². The first kappa shape index (κ1) is 21.0. The topological polar surface area (TPSA) is 101 Å². The molecule has 8 nitrogen and oxygen atoms in total. The summed E-state index contributed by atoms with van der Waals surface area (Å²) in [6.07, 6.45) is 1.43. The SMILES string of the molecule is COc1ccc(Cl)cc1S(=O)(=O)NCC1CCN(C(=O)c2snnc2C)CC1. The smallest absolute Gasteiger partial charge is 0.267 e. The highest BCUT2D eigenvalue weighted by Crippen LogP contribution is 2.27. The summed E-state index contributed by atoms with van der Waals surface area (Å²) in [5.41, 5.74) is 0.639. The predicted molar refractivity (Wildman–Crippen MR) is 106 cm³/mol. The number of nitrogens with one attached hydrogen (secondary N) is 1. The Morgan fingerprint density at radius 1 is 1.39 bits per heavy atom. The predicted octanol–water partition coefficient (Wildman–Crippen LogP) is 2.34. The van der Waals surface area contributed by atoms with E-state index in [1.54, 1.807) is 17.9 Å². The molecular weight excluding hydrogens is 424 g/mol. The molecule has 1 aliphatic heterocycles. The van der Waals surface area contributed by atoms with Gasteiger partial charge in [0.25, 0.3) is 5.91 Å². The van der Waals surface area contributed by atoms with Gasteiger partial charge in [0.15, 0.2) is 0 Å². The quantitative estimate of drug-likeness (QED) is 0.733. The molecule has 2 heterocycles. The van der Waals surface area contributed by atoms with Crippen molar-refractivity contribution in [3.8, 4) is 5.75 Å². The van der Waals surface area contributed by atoms with Crippen molar-refractivity contribution < 1.29 is 17.9 Å². The number of benzene rings is 1. The molecule has 1 aromatic heterocycles. The van der Waals surface area contributed by atoms with Crippen molar-refractivity contribution in [1.29, 1.82) is 0 Å². The molecule has 1 aliphatic rings. The Morgan fingerprint density at radius 3 is 2.71 bits per heavy atom. The zero-order valence-corrected chi connectivity index (χ0v) is 17.9. The molecule has 0 radical (unpaired) electrons. The Balaban J connectivity index is 1.57. The fourth-order valence-electron chi connectivity index (χ4n) is 3.08. The highest BCUT2D eigenvalue weighted by atomic mass is 35.5. The maximum Gasteiger partial charge on any atom is 0.267 e. The second kappa shape index (κ2) is 8.73. The fraction of sp³-hybridized carbons (Fsp3) is 0.471. The molecule has 0 saturated carbocycles. The van der Waals surface area contributed by atoms with E-state index >= 15 is 0 Å². The van der Waals surface area contributed by atoms with Gasteiger partial charge in [0.2, 0.25) is 10.0 Å². The number of likely N-dealkylation sites (tertiary alicyclic amines) is 1. The molecule has 1 aromatic carbocycles. The Kier molecular flexibility index (Phi) is 6.54. The van der Waals surface area contributed by atoms with Crippen LogP contribution in [0.25, 0.3) is 0 Å². The molecule has 0 aliphatic carbocycles. The summed E-state index contributed by atoms with van der Waals surface area (Å²) >= 11 is 7.04. The number of halogens is 1. The summed E-state index contributed by atoms with van der Waals surface area (Å²) in [5, 5.41) is 4.20. The first-order valence-corrected chi connectivity index (χ1v) is 11.4. The average Bonchev–Trinajstić information content (AvgIpc) is 3.12. The van der Waals surface area contributed by atoms with Crippen LogP contribution in [0.1, 0.15) is 28.2 Å². The van der Waals surface area contributed by atoms with E-state index in [2.05, 4.69) is 14.3 Å². The van der Waals surface area contributed by atoms with Gasteiger partial charge in [-0.05, 0) is 55.4 Å². The van der Waals surface area contributed by atoms with Crippen molar-refractivity contribution in [3.63, 3.8) is 0 Å². The maximum atomic E-state index is 12.6. The molecule has 3 rings (SSSR count). The minimum absolute atomic E-state index is 0.0169. The molecule has 1 fully saturated rings. The third kappa shape index (κ3) is 4.62. The monoisotopic (exact) mass is 444 g/mol.